The Labute approximate surface area is 182 Å². The van der Waals surface area contributed by atoms with Gasteiger partial charge in [-0.25, -0.2) is 8.42 Å². The Morgan fingerprint density at radius 3 is 2.35 bits per heavy atom. The lowest BCUT2D eigenvalue weighted by molar-refractivity contribution is 0.0730. The van der Waals surface area contributed by atoms with E-state index in [4.69, 9.17) is 4.74 Å². The van der Waals surface area contributed by atoms with Gasteiger partial charge in [0.15, 0.2) is 0 Å². The third kappa shape index (κ3) is 5.04. The first-order valence-electron chi connectivity index (χ1n) is 10.2. The van der Waals surface area contributed by atoms with Crippen LogP contribution < -0.4 is 5.32 Å². The maximum Gasteiger partial charge on any atom is 0.268 e. The lowest BCUT2D eigenvalue weighted by atomic mass is 9.98. The molecule has 8 heteroatoms. The summed E-state index contributed by atoms with van der Waals surface area (Å²) in [5, 5.41) is 3.04. The summed E-state index contributed by atoms with van der Waals surface area (Å²) < 4.78 is 32.3. The normalized spacial score (nSPS) is 16.0. The fourth-order valence-corrected chi connectivity index (χ4v) is 5.02. The number of hydrogen-bond donors (Lipinski definition) is 2. The summed E-state index contributed by atoms with van der Waals surface area (Å²) in [6.45, 7) is 1.36. The van der Waals surface area contributed by atoms with Gasteiger partial charge in [-0.1, -0.05) is 60.7 Å². The lowest BCUT2D eigenvalue weighted by Crippen LogP contribution is -2.40. The van der Waals surface area contributed by atoms with Crippen molar-refractivity contribution in [2.45, 2.75) is 17.4 Å². The van der Waals surface area contributed by atoms with Gasteiger partial charge in [0.25, 0.3) is 5.91 Å². The van der Waals surface area contributed by atoms with Crippen LogP contribution in [0.1, 0.15) is 27.7 Å². The minimum Gasteiger partial charge on any atom is -0.379 e. The van der Waals surface area contributed by atoms with Crippen molar-refractivity contribution in [3.63, 3.8) is 0 Å². The van der Waals surface area contributed by atoms with E-state index < -0.39 is 10.0 Å². The smallest absolute Gasteiger partial charge is 0.268 e. The molecule has 1 saturated heterocycles. The number of ether oxygens (including phenoxy) is 1. The number of carbonyl (C=O) groups excluding carboxylic acids is 1. The van der Waals surface area contributed by atoms with Crippen LogP contribution in [0.4, 0.5) is 0 Å². The zero-order chi connectivity index (χ0) is 21.7. The summed E-state index contributed by atoms with van der Waals surface area (Å²) in [5.41, 5.74) is 2.28. The van der Waals surface area contributed by atoms with Gasteiger partial charge in [-0.2, -0.15) is 4.31 Å². The SMILES string of the molecule is O=C(N[C@@H](Cc1ccccc1)c1ccccc1)c1cc(S(=O)(=O)N2CCOCC2)c[nH]1. The van der Waals surface area contributed by atoms with Gasteiger partial charge in [0.1, 0.15) is 10.6 Å². The molecular formula is C23H25N3O4S. The largest absolute Gasteiger partial charge is 0.379 e. The highest BCUT2D eigenvalue weighted by atomic mass is 32.2. The van der Waals surface area contributed by atoms with Crippen molar-refractivity contribution in [3.05, 3.63) is 89.7 Å². The van der Waals surface area contributed by atoms with Gasteiger partial charge in [-0.3, -0.25) is 4.79 Å². The number of carbonyl (C=O) groups is 1. The Morgan fingerprint density at radius 1 is 1.03 bits per heavy atom. The molecule has 162 valence electrons. The van der Waals surface area contributed by atoms with E-state index in [0.717, 1.165) is 11.1 Å². The van der Waals surface area contributed by atoms with Crippen molar-refractivity contribution in [1.82, 2.24) is 14.6 Å². The number of benzene rings is 2. The predicted molar refractivity (Wildman–Crippen MR) is 117 cm³/mol. The zero-order valence-corrected chi connectivity index (χ0v) is 17.8. The highest BCUT2D eigenvalue weighted by Crippen LogP contribution is 2.21. The van der Waals surface area contributed by atoms with E-state index in [2.05, 4.69) is 10.3 Å². The van der Waals surface area contributed by atoms with E-state index in [1.54, 1.807) is 0 Å². The predicted octanol–water partition coefficient (Wildman–Crippen LogP) is 2.75. The maximum absolute atomic E-state index is 13.0. The molecular weight excluding hydrogens is 414 g/mol. The average molecular weight is 440 g/mol. The molecule has 0 bridgehead atoms. The van der Waals surface area contributed by atoms with Crippen molar-refractivity contribution in [2.24, 2.45) is 0 Å². The number of nitrogens with zero attached hydrogens (tertiary/aromatic N) is 1. The molecule has 0 saturated carbocycles. The minimum absolute atomic E-state index is 0.0823. The number of aromatic nitrogens is 1. The van der Waals surface area contributed by atoms with Crippen molar-refractivity contribution >= 4 is 15.9 Å². The van der Waals surface area contributed by atoms with Gasteiger partial charge in [0.2, 0.25) is 10.0 Å². The van der Waals surface area contributed by atoms with Gasteiger partial charge < -0.3 is 15.0 Å². The Hall–Kier alpha value is -2.94. The van der Waals surface area contributed by atoms with Gasteiger partial charge >= 0.3 is 0 Å². The van der Waals surface area contributed by atoms with E-state index in [9.17, 15) is 13.2 Å². The van der Waals surface area contributed by atoms with Crippen LogP contribution in [0.25, 0.3) is 0 Å². The number of aromatic amines is 1. The number of H-pyrrole nitrogens is 1. The van der Waals surface area contributed by atoms with Crippen LogP contribution in [0.2, 0.25) is 0 Å². The first-order chi connectivity index (χ1) is 15.0. The van der Waals surface area contributed by atoms with E-state index in [1.165, 1.54) is 16.6 Å². The second-order valence-electron chi connectivity index (χ2n) is 7.39. The summed E-state index contributed by atoms with van der Waals surface area (Å²) in [6, 6.07) is 20.8. The molecule has 1 atom stereocenters. The topological polar surface area (TPSA) is 91.5 Å². The first-order valence-corrected chi connectivity index (χ1v) is 11.6. The standard InChI is InChI=1S/C23H25N3O4S/c27-23(22-16-20(17-24-22)31(28,29)26-11-13-30-14-12-26)25-21(19-9-5-2-6-10-19)15-18-7-3-1-4-8-18/h1-10,16-17,21,24H,11-15H2,(H,25,27)/t21-/m0/s1. The van der Waals surface area contributed by atoms with Crippen LogP contribution in [0.3, 0.4) is 0 Å². The summed E-state index contributed by atoms with van der Waals surface area (Å²) >= 11 is 0. The quantitative estimate of drug-likeness (QED) is 0.592. The molecule has 31 heavy (non-hydrogen) atoms. The highest BCUT2D eigenvalue weighted by Gasteiger charge is 2.28. The van der Waals surface area contributed by atoms with Crippen LogP contribution in [-0.4, -0.2) is 49.9 Å². The third-order valence-electron chi connectivity index (χ3n) is 5.30. The van der Waals surface area contributed by atoms with Crippen LogP contribution in [0, 0.1) is 0 Å². The monoisotopic (exact) mass is 439 g/mol. The molecule has 0 aliphatic carbocycles. The van der Waals surface area contributed by atoms with E-state index in [0.29, 0.717) is 32.7 Å². The zero-order valence-electron chi connectivity index (χ0n) is 17.0. The Morgan fingerprint density at radius 2 is 1.68 bits per heavy atom. The second-order valence-corrected chi connectivity index (χ2v) is 9.33. The molecule has 2 heterocycles. The summed E-state index contributed by atoms with van der Waals surface area (Å²) in [6.07, 6.45) is 1.99. The molecule has 1 fully saturated rings. The molecule has 0 unspecified atom stereocenters. The van der Waals surface area contributed by atoms with Crippen LogP contribution in [0.5, 0.6) is 0 Å². The molecule has 2 aromatic carbocycles. The van der Waals surface area contributed by atoms with Crippen molar-refractivity contribution in [1.29, 1.82) is 0 Å². The molecule has 0 radical (unpaired) electrons. The van der Waals surface area contributed by atoms with Gasteiger partial charge in [0, 0.05) is 19.3 Å². The molecule has 1 aliphatic heterocycles. The summed E-state index contributed by atoms with van der Waals surface area (Å²) in [4.78, 5) is 15.9. The number of sulfonamides is 1. The van der Waals surface area contributed by atoms with Crippen LogP contribution in [0.15, 0.2) is 77.8 Å². The fourth-order valence-electron chi connectivity index (χ4n) is 3.61. The van der Waals surface area contributed by atoms with E-state index in [1.807, 2.05) is 60.7 Å². The molecule has 1 aliphatic rings. The highest BCUT2D eigenvalue weighted by molar-refractivity contribution is 7.89. The number of amides is 1. The minimum atomic E-state index is -3.66. The van der Waals surface area contributed by atoms with Crippen molar-refractivity contribution < 1.29 is 17.9 Å². The fraction of sp³-hybridized carbons (Fsp3) is 0.261. The summed E-state index contributed by atoms with van der Waals surface area (Å²) in [7, 11) is -3.66. The molecule has 3 aromatic rings. The first kappa shape index (κ1) is 21.3. The molecule has 7 nitrogen and oxygen atoms in total. The van der Waals surface area contributed by atoms with Crippen LogP contribution in [-0.2, 0) is 21.2 Å². The van der Waals surface area contributed by atoms with Crippen molar-refractivity contribution in [3.8, 4) is 0 Å². The lowest BCUT2D eigenvalue weighted by Gasteiger charge is -2.25. The summed E-state index contributed by atoms with van der Waals surface area (Å²) in [5.74, 6) is -0.354. The Balaban J connectivity index is 1.52. The number of morpholine rings is 1. The average Bonchev–Trinajstić information content (AvgIpc) is 3.32. The number of nitrogens with one attached hydrogen (secondary N) is 2. The molecule has 1 amide bonds. The molecule has 0 spiro atoms. The maximum atomic E-state index is 13.0. The number of hydrogen-bond acceptors (Lipinski definition) is 4. The molecule has 2 N–H and O–H groups in total. The van der Waals surface area contributed by atoms with E-state index in [-0.39, 0.29) is 22.5 Å². The number of rotatable bonds is 7. The Kier molecular flexibility index (Phi) is 6.50. The van der Waals surface area contributed by atoms with Gasteiger partial charge in [-0.05, 0) is 23.6 Å². The molecule has 1 aromatic heterocycles. The van der Waals surface area contributed by atoms with E-state index >= 15 is 0 Å². The van der Waals surface area contributed by atoms with Gasteiger partial charge in [-0.15, -0.1) is 0 Å². The van der Waals surface area contributed by atoms with Crippen LogP contribution >= 0.6 is 0 Å². The molecule has 4 rings (SSSR count). The van der Waals surface area contributed by atoms with Crippen molar-refractivity contribution in [2.75, 3.05) is 26.3 Å². The van der Waals surface area contributed by atoms with Gasteiger partial charge in [0.05, 0.1) is 19.3 Å². The Bertz CT molecular complexity index is 1110. The third-order valence-corrected chi connectivity index (χ3v) is 7.18. The second kappa shape index (κ2) is 9.47.